The first-order chi connectivity index (χ1) is 27.1. The molecule has 12 nitrogen and oxygen atoms in total. The van der Waals surface area contributed by atoms with Crippen LogP contribution in [-0.2, 0) is 15.7 Å². The molecule has 0 unspecified atom stereocenters. The summed E-state index contributed by atoms with van der Waals surface area (Å²) in [4.78, 5) is 45.5. The van der Waals surface area contributed by atoms with Gasteiger partial charge in [0.25, 0.3) is 0 Å². The zero-order valence-electron chi connectivity index (χ0n) is 31.9. The minimum atomic E-state index is -4.61. The topological polar surface area (TPSA) is 121 Å². The predicted octanol–water partition coefficient (Wildman–Crippen LogP) is 5.51. The van der Waals surface area contributed by atoms with Crippen molar-refractivity contribution in [2.45, 2.75) is 50.7 Å². The Labute approximate surface area is 326 Å². The van der Waals surface area contributed by atoms with Crippen LogP contribution in [0.15, 0.2) is 54.9 Å². The lowest BCUT2D eigenvalue weighted by Gasteiger charge is -2.44. The maximum Gasteiger partial charge on any atom is 0.417 e. The van der Waals surface area contributed by atoms with E-state index in [4.69, 9.17) is 10.00 Å². The first-order valence-corrected chi connectivity index (χ1v) is 19.7. The molecule has 0 atom stereocenters. The number of ether oxygens (including phenoxy) is 1. The third kappa shape index (κ3) is 9.35. The van der Waals surface area contributed by atoms with E-state index >= 15 is 0 Å². The number of rotatable bonds is 9. The highest BCUT2D eigenvalue weighted by Crippen LogP contribution is 2.36. The number of hydrogen-bond donors (Lipinski definition) is 1. The van der Waals surface area contributed by atoms with Crippen LogP contribution in [0.5, 0.6) is 0 Å². The molecule has 4 aliphatic heterocycles. The molecule has 1 N–H and O–H groups in total. The molecule has 1 amide bonds. The number of carbonyl (C=O) groups excluding carboxylic acids is 2. The minimum Gasteiger partial charge on any atom is -0.464 e. The van der Waals surface area contributed by atoms with Crippen molar-refractivity contribution in [1.29, 1.82) is 5.26 Å². The second-order valence-electron chi connectivity index (χ2n) is 15.4. The van der Waals surface area contributed by atoms with Crippen molar-refractivity contribution in [3.63, 3.8) is 0 Å². The van der Waals surface area contributed by atoms with Crippen LogP contribution in [0.3, 0.4) is 0 Å². The Balaban J connectivity index is 0.791. The SMILES string of the molecule is COC(=O)c1ccc(N2CCC(N3CCN(CC4CCN(c5ccc(NC(=O)C6CCN(c7ccc(C#N)c(C(F)(F)F)c7)CC6)nc5)CC4)CC3)CC2)cn1. The number of benzene rings is 1. The van der Waals surface area contributed by atoms with Crippen molar-refractivity contribution in [1.82, 2.24) is 19.8 Å². The van der Waals surface area contributed by atoms with E-state index in [1.807, 2.05) is 29.3 Å². The lowest BCUT2D eigenvalue weighted by atomic mass is 9.95. The van der Waals surface area contributed by atoms with E-state index in [9.17, 15) is 22.8 Å². The normalized spacial score (nSPS) is 19.8. The number of nitrogens with one attached hydrogen (secondary N) is 1. The summed E-state index contributed by atoms with van der Waals surface area (Å²) in [6, 6.07) is 13.5. The number of halogens is 3. The number of esters is 1. The van der Waals surface area contributed by atoms with Gasteiger partial charge in [0, 0.05) is 89.6 Å². The number of pyridine rings is 2. The van der Waals surface area contributed by atoms with Crippen LogP contribution in [0.4, 0.5) is 36.1 Å². The Morgan fingerprint density at radius 2 is 1.38 bits per heavy atom. The van der Waals surface area contributed by atoms with E-state index < -0.39 is 23.3 Å². The van der Waals surface area contributed by atoms with E-state index in [2.05, 4.69) is 34.9 Å². The van der Waals surface area contributed by atoms with Gasteiger partial charge in [0.1, 0.15) is 11.5 Å². The van der Waals surface area contributed by atoms with Crippen molar-refractivity contribution in [3.8, 4) is 6.07 Å². The Kier molecular flexibility index (Phi) is 12.3. The largest absolute Gasteiger partial charge is 0.464 e. The molecule has 4 saturated heterocycles. The monoisotopic (exact) mass is 773 g/mol. The van der Waals surface area contributed by atoms with E-state index in [1.54, 1.807) is 18.3 Å². The van der Waals surface area contributed by atoms with Gasteiger partial charge in [-0.3, -0.25) is 9.69 Å². The number of carbonyl (C=O) groups is 2. The number of nitrogens with zero attached hydrogens (tertiary/aromatic N) is 8. The number of aromatic nitrogens is 2. The number of hydrogen-bond acceptors (Lipinski definition) is 11. The molecule has 4 aliphatic rings. The van der Waals surface area contributed by atoms with Gasteiger partial charge in [-0.2, -0.15) is 18.4 Å². The number of piperazine rings is 1. The predicted molar refractivity (Wildman–Crippen MR) is 208 cm³/mol. The van der Waals surface area contributed by atoms with Crippen molar-refractivity contribution in [2.24, 2.45) is 11.8 Å². The van der Waals surface area contributed by atoms with Gasteiger partial charge in [0.15, 0.2) is 0 Å². The zero-order chi connectivity index (χ0) is 39.2. The van der Waals surface area contributed by atoms with Crippen molar-refractivity contribution >= 4 is 34.8 Å². The lowest BCUT2D eigenvalue weighted by Crippen LogP contribution is -2.54. The van der Waals surface area contributed by atoms with Gasteiger partial charge in [0.05, 0.1) is 48.1 Å². The molecule has 7 rings (SSSR count). The Morgan fingerprint density at radius 3 is 1.95 bits per heavy atom. The molecule has 1 aromatic carbocycles. The van der Waals surface area contributed by atoms with E-state index in [1.165, 1.54) is 19.2 Å². The molecule has 3 aromatic rings. The average molecular weight is 774 g/mol. The standard InChI is InChI=1S/C41H50F3N9O3/c1-56-40(55)37-6-4-34(26-46-37)52-18-12-32(13-19-52)53-22-20-49(21-23-53)28-29-8-14-51(15-9-29)35-5-7-38(47-27-35)48-39(54)30-10-16-50(17-11-30)33-3-2-31(25-45)36(24-33)41(42,43)44/h2-7,24,26-27,29-30,32H,8-23,28H2,1H3,(H,47,48,54). The van der Waals surface area contributed by atoms with Gasteiger partial charge in [0.2, 0.25) is 5.91 Å². The summed E-state index contributed by atoms with van der Waals surface area (Å²) in [5, 5.41) is 12.0. The summed E-state index contributed by atoms with van der Waals surface area (Å²) in [5.74, 6) is 0.346. The smallest absolute Gasteiger partial charge is 0.417 e. The fraction of sp³-hybridized carbons (Fsp3) is 0.537. The van der Waals surface area contributed by atoms with E-state index in [-0.39, 0.29) is 11.8 Å². The Bertz CT molecular complexity index is 1840. The molecule has 298 valence electrons. The number of piperidine rings is 3. The molecule has 4 fully saturated rings. The maximum atomic E-state index is 13.5. The molecule has 56 heavy (non-hydrogen) atoms. The quantitative estimate of drug-likeness (QED) is 0.277. The fourth-order valence-corrected chi connectivity index (χ4v) is 8.67. The highest BCUT2D eigenvalue weighted by atomic mass is 19.4. The number of methoxy groups -OCH3 is 1. The Morgan fingerprint density at radius 1 is 0.786 bits per heavy atom. The van der Waals surface area contributed by atoms with Gasteiger partial charge in [-0.1, -0.05) is 0 Å². The first kappa shape index (κ1) is 39.3. The summed E-state index contributed by atoms with van der Waals surface area (Å²) in [6.07, 6.45) is 4.51. The van der Waals surface area contributed by atoms with Crippen molar-refractivity contribution in [3.05, 3.63) is 71.7 Å². The molecule has 0 saturated carbocycles. The third-order valence-corrected chi connectivity index (χ3v) is 12.1. The minimum absolute atomic E-state index is 0.133. The number of amides is 1. The number of alkyl halides is 3. The van der Waals surface area contributed by atoms with Crippen LogP contribution >= 0.6 is 0 Å². The molecular formula is C41H50F3N9O3. The molecule has 0 aliphatic carbocycles. The summed E-state index contributed by atoms with van der Waals surface area (Å²) < 4.78 is 45.1. The van der Waals surface area contributed by atoms with Crippen LogP contribution in [0.2, 0.25) is 0 Å². The first-order valence-electron chi connectivity index (χ1n) is 19.7. The molecular weight excluding hydrogens is 724 g/mol. The van der Waals surface area contributed by atoms with Gasteiger partial charge >= 0.3 is 12.1 Å². The molecule has 0 radical (unpaired) electrons. The van der Waals surface area contributed by atoms with Crippen LogP contribution in [0, 0.1) is 23.2 Å². The molecule has 0 spiro atoms. The molecule has 6 heterocycles. The zero-order valence-corrected chi connectivity index (χ0v) is 31.9. The maximum absolute atomic E-state index is 13.5. The Hall–Kier alpha value is -4.94. The average Bonchev–Trinajstić information content (AvgIpc) is 3.24. The summed E-state index contributed by atoms with van der Waals surface area (Å²) in [7, 11) is 1.37. The molecule has 15 heteroatoms. The third-order valence-electron chi connectivity index (χ3n) is 12.1. The van der Waals surface area contributed by atoms with Crippen LogP contribution in [0.1, 0.15) is 60.1 Å². The summed E-state index contributed by atoms with van der Waals surface area (Å²) in [5.41, 5.74) is 1.50. The van der Waals surface area contributed by atoms with Gasteiger partial charge in [-0.15, -0.1) is 0 Å². The number of anilines is 4. The summed E-state index contributed by atoms with van der Waals surface area (Å²) >= 11 is 0. The highest BCUT2D eigenvalue weighted by molar-refractivity contribution is 5.92. The van der Waals surface area contributed by atoms with Crippen molar-refractivity contribution < 1.29 is 27.5 Å². The molecule has 0 bridgehead atoms. The van der Waals surface area contributed by atoms with E-state index in [0.717, 1.165) is 102 Å². The second-order valence-corrected chi connectivity index (χ2v) is 15.4. The second kappa shape index (κ2) is 17.5. The van der Waals surface area contributed by atoms with Gasteiger partial charge in [-0.05, 0) is 86.9 Å². The van der Waals surface area contributed by atoms with Gasteiger partial charge in [-0.25, -0.2) is 14.8 Å². The van der Waals surface area contributed by atoms with Crippen molar-refractivity contribution in [2.75, 3.05) is 99.1 Å². The highest BCUT2D eigenvalue weighted by Gasteiger charge is 2.35. The lowest BCUT2D eigenvalue weighted by molar-refractivity contribution is -0.137. The van der Waals surface area contributed by atoms with Crippen LogP contribution < -0.4 is 20.0 Å². The van der Waals surface area contributed by atoms with Crippen LogP contribution in [0.25, 0.3) is 0 Å². The summed E-state index contributed by atoms with van der Waals surface area (Å²) in [6.45, 7) is 10.4. The van der Waals surface area contributed by atoms with Gasteiger partial charge < -0.3 is 29.7 Å². The van der Waals surface area contributed by atoms with E-state index in [0.29, 0.717) is 55.1 Å². The molecule has 2 aromatic heterocycles. The van der Waals surface area contributed by atoms with Crippen LogP contribution in [-0.4, -0.2) is 117 Å². The fourth-order valence-electron chi connectivity index (χ4n) is 8.67. The number of nitriles is 1.